The number of hydrogen-bond donors (Lipinski definition) is 1. The molecule has 1 heterocycles. The number of rotatable bonds is 1. The minimum absolute atomic E-state index is 0.682. The number of fused-ring (bicyclic) bond motifs is 1. The van der Waals surface area contributed by atoms with Gasteiger partial charge in [0.2, 0.25) is 0 Å². The van der Waals surface area contributed by atoms with E-state index in [-0.39, 0.29) is 0 Å². The first kappa shape index (κ1) is 11.5. The van der Waals surface area contributed by atoms with Crippen molar-refractivity contribution in [3.63, 3.8) is 0 Å². The number of imidazole rings is 1. The number of nitrogens with one attached hydrogen (secondary N) is 1. The van der Waals surface area contributed by atoms with E-state index in [4.69, 9.17) is 23.8 Å². The van der Waals surface area contributed by atoms with Crippen molar-refractivity contribution in [1.29, 1.82) is 0 Å². The predicted octanol–water partition coefficient (Wildman–Crippen LogP) is 4.65. The van der Waals surface area contributed by atoms with Crippen LogP contribution in [0.15, 0.2) is 42.5 Å². The molecule has 18 heavy (non-hydrogen) atoms. The van der Waals surface area contributed by atoms with E-state index in [2.05, 4.69) is 18.0 Å². The Hall–Kier alpha value is -1.58. The number of para-hydroxylation sites is 1. The third kappa shape index (κ3) is 1.76. The molecule has 0 aliphatic heterocycles. The van der Waals surface area contributed by atoms with Gasteiger partial charge in [0.25, 0.3) is 0 Å². The van der Waals surface area contributed by atoms with Crippen molar-refractivity contribution in [1.82, 2.24) is 9.55 Å². The van der Waals surface area contributed by atoms with Gasteiger partial charge in [0.15, 0.2) is 4.77 Å². The zero-order chi connectivity index (χ0) is 12.7. The first-order valence-corrected chi connectivity index (χ1v) is 6.42. The SMILES string of the molecule is Cc1cccc2[nH]c(=S)n(-c3cccc(Cl)c3)c12. The van der Waals surface area contributed by atoms with Crippen LogP contribution in [-0.4, -0.2) is 9.55 Å². The van der Waals surface area contributed by atoms with E-state index in [1.807, 2.05) is 41.0 Å². The zero-order valence-electron chi connectivity index (χ0n) is 9.77. The summed E-state index contributed by atoms with van der Waals surface area (Å²) in [5, 5.41) is 0.706. The second-order valence-corrected chi connectivity index (χ2v) is 5.04. The Morgan fingerprint density at radius 3 is 2.72 bits per heavy atom. The van der Waals surface area contributed by atoms with Crippen molar-refractivity contribution in [3.05, 3.63) is 57.8 Å². The lowest BCUT2D eigenvalue weighted by molar-refractivity contribution is 1.06. The van der Waals surface area contributed by atoms with Gasteiger partial charge in [-0.1, -0.05) is 29.8 Å². The zero-order valence-corrected chi connectivity index (χ0v) is 11.3. The molecule has 0 radical (unpaired) electrons. The summed E-state index contributed by atoms with van der Waals surface area (Å²) in [6.07, 6.45) is 0. The summed E-state index contributed by atoms with van der Waals surface area (Å²) in [4.78, 5) is 3.22. The van der Waals surface area contributed by atoms with Crippen LogP contribution in [0.3, 0.4) is 0 Å². The van der Waals surface area contributed by atoms with Crippen molar-refractivity contribution >= 4 is 34.9 Å². The fourth-order valence-corrected chi connectivity index (χ4v) is 2.68. The van der Waals surface area contributed by atoms with Crippen LogP contribution in [0.4, 0.5) is 0 Å². The minimum Gasteiger partial charge on any atom is -0.330 e. The molecular weight excluding hydrogens is 264 g/mol. The van der Waals surface area contributed by atoms with Gasteiger partial charge in [-0.15, -0.1) is 0 Å². The molecule has 0 fully saturated rings. The van der Waals surface area contributed by atoms with Crippen LogP contribution in [0.1, 0.15) is 5.56 Å². The van der Waals surface area contributed by atoms with E-state index in [1.54, 1.807) is 0 Å². The number of hydrogen-bond acceptors (Lipinski definition) is 1. The quantitative estimate of drug-likeness (QED) is 0.641. The van der Waals surface area contributed by atoms with Gasteiger partial charge >= 0.3 is 0 Å². The van der Waals surface area contributed by atoms with Crippen LogP contribution >= 0.6 is 23.8 Å². The molecule has 3 rings (SSSR count). The van der Waals surface area contributed by atoms with Crippen LogP contribution in [-0.2, 0) is 0 Å². The molecular formula is C14H11ClN2S. The summed E-state index contributed by atoms with van der Waals surface area (Å²) in [5.41, 5.74) is 4.30. The fourth-order valence-electron chi connectivity index (χ4n) is 2.19. The third-order valence-corrected chi connectivity index (χ3v) is 3.49. The van der Waals surface area contributed by atoms with E-state index in [0.717, 1.165) is 16.7 Å². The van der Waals surface area contributed by atoms with Crippen molar-refractivity contribution in [2.75, 3.05) is 0 Å². The standard InChI is InChI=1S/C14H11ClN2S/c1-9-4-2-7-12-13(9)17(14(18)16-12)11-6-3-5-10(15)8-11/h2-8H,1H3,(H,16,18). The lowest BCUT2D eigenvalue weighted by Crippen LogP contribution is -1.95. The lowest BCUT2D eigenvalue weighted by atomic mass is 10.2. The summed E-state index contributed by atoms with van der Waals surface area (Å²) in [7, 11) is 0. The van der Waals surface area contributed by atoms with Crippen LogP contribution in [0, 0.1) is 11.7 Å². The maximum absolute atomic E-state index is 6.05. The van der Waals surface area contributed by atoms with Crippen molar-refractivity contribution in [2.24, 2.45) is 0 Å². The van der Waals surface area contributed by atoms with E-state index >= 15 is 0 Å². The van der Waals surface area contributed by atoms with Gasteiger partial charge in [-0.05, 0) is 49.0 Å². The van der Waals surface area contributed by atoms with E-state index in [9.17, 15) is 0 Å². The molecule has 1 N–H and O–H groups in total. The maximum atomic E-state index is 6.05. The Labute approximate surface area is 115 Å². The molecule has 4 heteroatoms. The Balaban J connectivity index is 2.42. The molecule has 0 atom stereocenters. The number of H-pyrrole nitrogens is 1. The Kier molecular flexibility index (Phi) is 2.73. The Morgan fingerprint density at radius 2 is 1.94 bits per heavy atom. The monoisotopic (exact) mass is 274 g/mol. The van der Waals surface area contributed by atoms with E-state index < -0.39 is 0 Å². The number of aryl methyl sites for hydroxylation is 1. The highest BCUT2D eigenvalue weighted by atomic mass is 35.5. The Bertz CT molecular complexity index is 786. The summed E-state index contributed by atoms with van der Waals surface area (Å²) < 4.78 is 2.70. The molecule has 0 aliphatic rings. The van der Waals surface area contributed by atoms with Crippen molar-refractivity contribution < 1.29 is 0 Å². The molecule has 0 bridgehead atoms. The molecule has 0 amide bonds. The molecule has 0 saturated heterocycles. The molecule has 0 saturated carbocycles. The highest BCUT2D eigenvalue weighted by Crippen LogP contribution is 2.24. The second-order valence-electron chi connectivity index (χ2n) is 4.22. The van der Waals surface area contributed by atoms with Gasteiger partial charge < -0.3 is 4.98 Å². The average Bonchev–Trinajstić information content (AvgIpc) is 2.67. The highest BCUT2D eigenvalue weighted by Gasteiger charge is 2.08. The van der Waals surface area contributed by atoms with Gasteiger partial charge in [-0.3, -0.25) is 4.57 Å². The van der Waals surface area contributed by atoms with Crippen LogP contribution in [0.2, 0.25) is 5.02 Å². The Morgan fingerprint density at radius 1 is 1.17 bits per heavy atom. The van der Waals surface area contributed by atoms with E-state index in [1.165, 1.54) is 5.56 Å². The first-order valence-electron chi connectivity index (χ1n) is 5.63. The molecule has 3 aromatic rings. The molecule has 0 aliphatic carbocycles. The molecule has 2 nitrogen and oxygen atoms in total. The number of aromatic amines is 1. The number of benzene rings is 2. The number of aromatic nitrogens is 2. The molecule has 90 valence electrons. The summed E-state index contributed by atoms with van der Waals surface area (Å²) in [5.74, 6) is 0. The summed E-state index contributed by atoms with van der Waals surface area (Å²) in [6, 6.07) is 13.8. The molecule has 0 unspecified atom stereocenters. The smallest absolute Gasteiger partial charge is 0.182 e. The molecule has 0 spiro atoms. The van der Waals surface area contributed by atoms with Gasteiger partial charge in [-0.2, -0.15) is 0 Å². The summed E-state index contributed by atoms with van der Waals surface area (Å²) in [6.45, 7) is 2.08. The highest BCUT2D eigenvalue weighted by molar-refractivity contribution is 7.71. The van der Waals surface area contributed by atoms with Crippen molar-refractivity contribution in [2.45, 2.75) is 6.92 Å². The molecule has 2 aromatic carbocycles. The first-order chi connectivity index (χ1) is 8.66. The summed E-state index contributed by atoms with van der Waals surface area (Å²) >= 11 is 11.4. The largest absolute Gasteiger partial charge is 0.330 e. The van der Waals surface area contributed by atoms with E-state index in [0.29, 0.717) is 9.79 Å². The van der Waals surface area contributed by atoms with Crippen LogP contribution in [0.5, 0.6) is 0 Å². The fraction of sp³-hybridized carbons (Fsp3) is 0.0714. The maximum Gasteiger partial charge on any atom is 0.182 e. The van der Waals surface area contributed by atoms with Gasteiger partial charge in [-0.25, -0.2) is 0 Å². The van der Waals surface area contributed by atoms with Crippen molar-refractivity contribution in [3.8, 4) is 5.69 Å². The predicted molar refractivity (Wildman–Crippen MR) is 78.2 cm³/mol. The molecule has 1 aromatic heterocycles. The van der Waals surface area contributed by atoms with Gasteiger partial charge in [0, 0.05) is 10.7 Å². The third-order valence-electron chi connectivity index (χ3n) is 2.97. The lowest BCUT2D eigenvalue weighted by Gasteiger charge is -2.06. The van der Waals surface area contributed by atoms with Crippen LogP contribution in [0.25, 0.3) is 16.7 Å². The normalized spacial score (nSPS) is 11.0. The topological polar surface area (TPSA) is 20.7 Å². The average molecular weight is 275 g/mol. The second kappa shape index (κ2) is 4.26. The van der Waals surface area contributed by atoms with Gasteiger partial charge in [0.05, 0.1) is 11.0 Å². The van der Waals surface area contributed by atoms with Gasteiger partial charge in [0.1, 0.15) is 0 Å². The number of nitrogens with zero attached hydrogens (tertiary/aromatic N) is 1. The van der Waals surface area contributed by atoms with Crippen LogP contribution < -0.4 is 0 Å². The minimum atomic E-state index is 0.682. The number of halogens is 1.